The van der Waals surface area contributed by atoms with E-state index in [1.165, 1.54) is 0 Å². The van der Waals surface area contributed by atoms with Crippen LogP contribution in [0.4, 0.5) is 5.69 Å². The summed E-state index contributed by atoms with van der Waals surface area (Å²) in [5.41, 5.74) is 1.88. The second kappa shape index (κ2) is 7.99. The van der Waals surface area contributed by atoms with Crippen LogP contribution in [0.1, 0.15) is 24.8 Å². The molecule has 0 aromatic heterocycles. The number of fused-ring (bicyclic) bond motifs is 1. The van der Waals surface area contributed by atoms with Crippen molar-refractivity contribution in [2.45, 2.75) is 19.3 Å². The Balaban J connectivity index is 1.52. The minimum atomic E-state index is 0.0351. The van der Waals surface area contributed by atoms with Crippen molar-refractivity contribution in [2.24, 2.45) is 0 Å². The Bertz CT molecular complexity index is 882. The molecule has 0 saturated carbocycles. The Kier molecular flexibility index (Phi) is 5.27. The van der Waals surface area contributed by atoms with Gasteiger partial charge in [0.15, 0.2) is 0 Å². The number of hydrogen-bond acceptors (Lipinski definition) is 1. The zero-order valence-corrected chi connectivity index (χ0v) is 13.5. The van der Waals surface area contributed by atoms with Crippen molar-refractivity contribution >= 4 is 22.4 Å². The number of amides is 1. The van der Waals surface area contributed by atoms with Crippen molar-refractivity contribution in [1.29, 1.82) is 0 Å². The van der Waals surface area contributed by atoms with Gasteiger partial charge in [0.2, 0.25) is 5.91 Å². The van der Waals surface area contributed by atoms with Gasteiger partial charge in [-0.15, -0.1) is 0 Å². The van der Waals surface area contributed by atoms with E-state index in [0.29, 0.717) is 6.42 Å². The number of unbranched alkanes of at least 4 members (excludes halogenated alkanes) is 1. The lowest BCUT2D eigenvalue weighted by Crippen LogP contribution is -2.11. The van der Waals surface area contributed by atoms with Crippen molar-refractivity contribution in [1.82, 2.24) is 0 Å². The van der Waals surface area contributed by atoms with Crippen molar-refractivity contribution in [2.75, 3.05) is 5.32 Å². The first-order chi connectivity index (χ1) is 11.8. The molecule has 2 nitrogen and oxygen atoms in total. The Morgan fingerprint density at radius 2 is 1.62 bits per heavy atom. The lowest BCUT2D eigenvalue weighted by atomic mass is 10.1. The molecule has 118 valence electrons. The van der Waals surface area contributed by atoms with Gasteiger partial charge in [-0.3, -0.25) is 4.79 Å². The molecule has 3 aromatic rings. The molecule has 0 saturated heterocycles. The minimum Gasteiger partial charge on any atom is -0.326 e. The fourth-order valence-corrected chi connectivity index (χ4v) is 2.57. The fourth-order valence-electron chi connectivity index (χ4n) is 2.57. The monoisotopic (exact) mass is 313 g/mol. The molecule has 2 heteroatoms. The van der Waals surface area contributed by atoms with Crippen LogP contribution in [-0.4, -0.2) is 5.91 Å². The van der Waals surface area contributed by atoms with Crippen LogP contribution in [0.3, 0.4) is 0 Å². The summed E-state index contributed by atoms with van der Waals surface area (Å²) >= 11 is 0. The Morgan fingerprint density at radius 3 is 2.50 bits per heavy atom. The second-order valence-corrected chi connectivity index (χ2v) is 5.60. The first-order valence-corrected chi connectivity index (χ1v) is 8.14. The zero-order chi connectivity index (χ0) is 16.6. The molecule has 0 radical (unpaired) electrons. The van der Waals surface area contributed by atoms with Crippen LogP contribution < -0.4 is 5.32 Å². The first kappa shape index (κ1) is 15.8. The van der Waals surface area contributed by atoms with Crippen LogP contribution >= 0.6 is 0 Å². The van der Waals surface area contributed by atoms with Crippen LogP contribution in [-0.2, 0) is 4.79 Å². The molecule has 0 aliphatic heterocycles. The van der Waals surface area contributed by atoms with E-state index < -0.39 is 0 Å². The molecular weight excluding hydrogens is 294 g/mol. The summed E-state index contributed by atoms with van der Waals surface area (Å²) in [7, 11) is 0. The SMILES string of the molecule is O=C(CCCC#Cc1ccccc1)Nc1cccc2ccccc12. The normalized spacial score (nSPS) is 10.0. The molecule has 0 fully saturated rings. The predicted octanol–water partition coefficient (Wildman–Crippen LogP) is 5.00. The number of rotatable bonds is 4. The topological polar surface area (TPSA) is 29.1 Å². The number of hydrogen-bond donors (Lipinski definition) is 1. The summed E-state index contributed by atoms with van der Waals surface area (Å²) in [6, 6.07) is 23.9. The Morgan fingerprint density at radius 1 is 0.875 bits per heavy atom. The molecule has 0 bridgehead atoms. The maximum atomic E-state index is 12.1. The van der Waals surface area contributed by atoms with E-state index in [1.807, 2.05) is 72.8 Å². The maximum absolute atomic E-state index is 12.1. The molecule has 0 atom stereocenters. The summed E-state index contributed by atoms with van der Waals surface area (Å²) in [5.74, 6) is 6.27. The highest BCUT2D eigenvalue weighted by molar-refractivity contribution is 6.02. The summed E-state index contributed by atoms with van der Waals surface area (Å²) in [6.45, 7) is 0. The molecule has 0 unspecified atom stereocenters. The molecule has 0 spiro atoms. The van der Waals surface area contributed by atoms with Gasteiger partial charge in [0.05, 0.1) is 0 Å². The third kappa shape index (κ3) is 4.24. The highest BCUT2D eigenvalue weighted by atomic mass is 16.1. The molecule has 3 aromatic carbocycles. The lowest BCUT2D eigenvalue weighted by molar-refractivity contribution is -0.116. The van der Waals surface area contributed by atoms with E-state index in [-0.39, 0.29) is 5.91 Å². The third-order valence-corrected chi connectivity index (χ3v) is 3.78. The molecular formula is C22H19NO. The molecule has 0 aliphatic carbocycles. The molecule has 3 rings (SSSR count). The highest BCUT2D eigenvalue weighted by Gasteiger charge is 2.04. The van der Waals surface area contributed by atoms with Crippen LogP contribution in [0, 0.1) is 11.8 Å². The van der Waals surface area contributed by atoms with Crippen LogP contribution in [0.25, 0.3) is 10.8 Å². The van der Waals surface area contributed by atoms with Crippen LogP contribution in [0.5, 0.6) is 0 Å². The van der Waals surface area contributed by atoms with Gasteiger partial charge >= 0.3 is 0 Å². The quantitative estimate of drug-likeness (QED) is 0.533. The predicted molar refractivity (Wildman–Crippen MR) is 99.7 cm³/mol. The number of nitrogens with one attached hydrogen (secondary N) is 1. The van der Waals surface area contributed by atoms with Gasteiger partial charge in [0.25, 0.3) is 0 Å². The van der Waals surface area contributed by atoms with Crippen molar-refractivity contribution < 1.29 is 4.79 Å². The van der Waals surface area contributed by atoms with E-state index in [4.69, 9.17) is 0 Å². The summed E-state index contributed by atoms with van der Waals surface area (Å²) in [6.07, 6.45) is 1.96. The van der Waals surface area contributed by atoms with Gasteiger partial charge in [-0.25, -0.2) is 0 Å². The lowest BCUT2D eigenvalue weighted by Gasteiger charge is -2.08. The van der Waals surface area contributed by atoms with Crippen molar-refractivity contribution in [3.05, 3.63) is 78.4 Å². The van der Waals surface area contributed by atoms with Gasteiger partial charge in [-0.2, -0.15) is 0 Å². The Labute approximate surface area is 142 Å². The third-order valence-electron chi connectivity index (χ3n) is 3.78. The smallest absolute Gasteiger partial charge is 0.224 e. The zero-order valence-electron chi connectivity index (χ0n) is 13.5. The van der Waals surface area contributed by atoms with Crippen molar-refractivity contribution in [3.8, 4) is 11.8 Å². The largest absolute Gasteiger partial charge is 0.326 e. The fraction of sp³-hybridized carbons (Fsp3) is 0.136. The summed E-state index contributed by atoms with van der Waals surface area (Å²) < 4.78 is 0. The molecule has 24 heavy (non-hydrogen) atoms. The highest BCUT2D eigenvalue weighted by Crippen LogP contribution is 2.23. The number of carbonyl (C=O) groups is 1. The molecule has 0 aliphatic rings. The molecule has 0 heterocycles. The van der Waals surface area contributed by atoms with Gasteiger partial charge in [0, 0.05) is 29.5 Å². The van der Waals surface area contributed by atoms with Crippen molar-refractivity contribution in [3.63, 3.8) is 0 Å². The number of benzene rings is 3. The van der Waals surface area contributed by atoms with E-state index in [9.17, 15) is 4.79 Å². The van der Waals surface area contributed by atoms with E-state index in [0.717, 1.165) is 34.9 Å². The standard InChI is InChI=1S/C22H19NO/c24-22(17-6-2-5-12-18-10-3-1-4-11-18)23-21-16-9-14-19-13-7-8-15-20(19)21/h1,3-4,7-11,13-16H,2,6,17H2,(H,23,24). The van der Waals surface area contributed by atoms with E-state index in [1.54, 1.807) is 0 Å². The van der Waals surface area contributed by atoms with Crippen LogP contribution in [0.15, 0.2) is 72.8 Å². The average Bonchev–Trinajstić information content (AvgIpc) is 2.63. The van der Waals surface area contributed by atoms with Crippen LogP contribution in [0.2, 0.25) is 0 Å². The molecule has 1 amide bonds. The minimum absolute atomic E-state index is 0.0351. The van der Waals surface area contributed by atoms with E-state index >= 15 is 0 Å². The number of anilines is 1. The van der Waals surface area contributed by atoms with Gasteiger partial charge in [-0.05, 0) is 30.0 Å². The van der Waals surface area contributed by atoms with Gasteiger partial charge in [0.1, 0.15) is 0 Å². The first-order valence-electron chi connectivity index (χ1n) is 8.14. The second-order valence-electron chi connectivity index (χ2n) is 5.60. The average molecular weight is 313 g/mol. The maximum Gasteiger partial charge on any atom is 0.224 e. The summed E-state index contributed by atoms with van der Waals surface area (Å²) in [5, 5.41) is 5.20. The Hall–Kier alpha value is -3.05. The van der Waals surface area contributed by atoms with Gasteiger partial charge in [-0.1, -0.05) is 66.4 Å². The van der Waals surface area contributed by atoms with E-state index in [2.05, 4.69) is 17.2 Å². The summed E-state index contributed by atoms with van der Waals surface area (Å²) in [4.78, 5) is 12.1. The number of carbonyl (C=O) groups excluding carboxylic acids is 1. The molecule has 1 N–H and O–H groups in total. The van der Waals surface area contributed by atoms with Gasteiger partial charge < -0.3 is 5.32 Å².